The number of amides is 1. The van der Waals surface area contributed by atoms with Crippen LogP contribution in [-0.2, 0) is 24.3 Å². The smallest absolute Gasteiger partial charge is 0.249 e. The molecule has 7 nitrogen and oxygen atoms in total. The molecule has 0 radical (unpaired) electrons. The highest BCUT2D eigenvalue weighted by Gasteiger charge is 2.40. The number of hydrogen-bond acceptors (Lipinski definition) is 5. The van der Waals surface area contributed by atoms with Gasteiger partial charge in [0.1, 0.15) is 0 Å². The molecule has 0 bridgehead atoms. The highest BCUT2D eigenvalue weighted by atomic mass is 32.2. The largest absolute Gasteiger partial charge is 0.379 e. The highest BCUT2D eigenvalue weighted by Crippen LogP contribution is 2.37. The van der Waals surface area contributed by atoms with Gasteiger partial charge in [-0.3, -0.25) is 4.79 Å². The van der Waals surface area contributed by atoms with Crippen molar-refractivity contribution in [1.29, 1.82) is 0 Å². The van der Waals surface area contributed by atoms with Crippen molar-refractivity contribution in [2.45, 2.75) is 37.6 Å². The molecule has 2 aromatic carbocycles. The van der Waals surface area contributed by atoms with E-state index in [4.69, 9.17) is 9.47 Å². The van der Waals surface area contributed by atoms with E-state index in [9.17, 15) is 13.2 Å². The Bertz CT molecular complexity index is 1050. The van der Waals surface area contributed by atoms with Crippen molar-refractivity contribution in [1.82, 2.24) is 9.62 Å². The van der Waals surface area contributed by atoms with Crippen LogP contribution in [-0.4, -0.2) is 58.1 Å². The molecule has 0 fully saturated rings. The molecule has 2 aromatic rings. The predicted molar refractivity (Wildman–Crippen MR) is 132 cm³/mol. The maximum atomic E-state index is 13.5. The monoisotopic (exact) mass is 486 g/mol. The first-order chi connectivity index (χ1) is 16.4. The van der Waals surface area contributed by atoms with Crippen molar-refractivity contribution in [3.8, 4) is 0 Å². The standard InChI is InChI=1S/C26H34N2O5S/c1-3-4-17-32-19-20-33-18-15-27-26(29)24-14-16-28(25(24)22-8-6-5-7-9-22)34(30,31)23-12-10-21(2)11-13-23/h5-14,25H,3-4,15-20H2,1-2H3,(H,27,29). The van der Waals surface area contributed by atoms with Gasteiger partial charge in [-0.05, 0) is 31.0 Å². The topological polar surface area (TPSA) is 84.9 Å². The van der Waals surface area contributed by atoms with Gasteiger partial charge in [-0.1, -0.05) is 67.4 Å². The number of sulfonamides is 1. The molecule has 1 atom stereocenters. The summed E-state index contributed by atoms with van der Waals surface area (Å²) in [5.41, 5.74) is 2.15. The minimum atomic E-state index is -3.80. The number of benzene rings is 2. The van der Waals surface area contributed by atoms with E-state index < -0.39 is 16.1 Å². The van der Waals surface area contributed by atoms with Crippen molar-refractivity contribution >= 4 is 15.9 Å². The number of aryl methyl sites for hydroxylation is 1. The van der Waals surface area contributed by atoms with Crippen molar-refractivity contribution in [2.75, 3.05) is 39.5 Å². The molecule has 1 heterocycles. The normalized spacial score (nSPS) is 16.4. The Kier molecular flexibility index (Phi) is 9.83. The summed E-state index contributed by atoms with van der Waals surface area (Å²) in [6, 6.07) is 15.3. The van der Waals surface area contributed by atoms with Gasteiger partial charge in [-0.25, -0.2) is 8.42 Å². The minimum absolute atomic E-state index is 0.129. The Balaban J connectivity index is 1.64. The Labute approximate surface area is 202 Å². The van der Waals surface area contributed by atoms with Gasteiger partial charge in [-0.15, -0.1) is 0 Å². The van der Waals surface area contributed by atoms with Crippen LogP contribution in [0.15, 0.2) is 71.1 Å². The van der Waals surface area contributed by atoms with E-state index in [0.29, 0.717) is 31.9 Å². The van der Waals surface area contributed by atoms with E-state index in [1.165, 1.54) is 4.31 Å². The zero-order valence-corrected chi connectivity index (χ0v) is 20.7. The molecule has 1 unspecified atom stereocenters. The molecule has 1 aliphatic rings. The van der Waals surface area contributed by atoms with Crippen LogP contribution in [0.5, 0.6) is 0 Å². The molecular formula is C26H34N2O5S. The molecule has 0 aromatic heterocycles. The lowest BCUT2D eigenvalue weighted by molar-refractivity contribution is -0.118. The van der Waals surface area contributed by atoms with Gasteiger partial charge in [-0.2, -0.15) is 4.31 Å². The lowest BCUT2D eigenvalue weighted by atomic mass is 10.0. The molecule has 1 N–H and O–H groups in total. The third-order valence-corrected chi connectivity index (χ3v) is 7.47. The van der Waals surface area contributed by atoms with E-state index in [1.54, 1.807) is 30.3 Å². The second-order valence-corrected chi connectivity index (χ2v) is 10.1. The number of rotatable bonds is 13. The first-order valence-electron chi connectivity index (χ1n) is 11.7. The fourth-order valence-electron chi connectivity index (χ4n) is 3.75. The minimum Gasteiger partial charge on any atom is -0.379 e. The lowest BCUT2D eigenvalue weighted by Gasteiger charge is -2.27. The quantitative estimate of drug-likeness (QED) is 0.437. The summed E-state index contributed by atoms with van der Waals surface area (Å²) in [4.78, 5) is 13.2. The number of unbranched alkanes of at least 4 members (excludes halogenated alkanes) is 1. The molecule has 1 aliphatic heterocycles. The van der Waals surface area contributed by atoms with Gasteiger partial charge in [0, 0.05) is 25.3 Å². The van der Waals surface area contributed by atoms with E-state index in [-0.39, 0.29) is 17.3 Å². The zero-order valence-electron chi connectivity index (χ0n) is 19.9. The first-order valence-corrected chi connectivity index (χ1v) is 13.2. The molecule has 0 spiro atoms. The van der Waals surface area contributed by atoms with Crippen molar-refractivity contribution in [3.63, 3.8) is 0 Å². The maximum absolute atomic E-state index is 13.5. The SMILES string of the molecule is CCCCOCCOCCNC(=O)C1=CCN(S(=O)(=O)c2ccc(C)cc2)C1c1ccccc1. The third-order valence-electron chi connectivity index (χ3n) is 5.62. The van der Waals surface area contributed by atoms with E-state index >= 15 is 0 Å². The van der Waals surface area contributed by atoms with Crippen LogP contribution in [0.3, 0.4) is 0 Å². The number of ether oxygens (including phenoxy) is 2. The van der Waals surface area contributed by atoms with E-state index in [2.05, 4.69) is 12.2 Å². The summed E-state index contributed by atoms with van der Waals surface area (Å²) in [5, 5.41) is 2.86. The van der Waals surface area contributed by atoms with Crippen LogP contribution in [0.1, 0.15) is 36.9 Å². The number of carbonyl (C=O) groups is 1. The molecule has 184 valence electrons. The lowest BCUT2D eigenvalue weighted by Crippen LogP contribution is -2.36. The average Bonchev–Trinajstić information content (AvgIpc) is 3.30. The second kappa shape index (κ2) is 12.8. The average molecular weight is 487 g/mol. The van der Waals surface area contributed by atoms with Gasteiger partial charge in [0.15, 0.2) is 0 Å². The molecule has 0 saturated heterocycles. The van der Waals surface area contributed by atoms with E-state index in [0.717, 1.165) is 30.6 Å². The summed E-state index contributed by atoms with van der Waals surface area (Å²) in [6.45, 7) is 6.57. The molecular weight excluding hydrogens is 452 g/mol. The maximum Gasteiger partial charge on any atom is 0.249 e. The summed E-state index contributed by atoms with van der Waals surface area (Å²) < 4.78 is 39.3. The summed E-state index contributed by atoms with van der Waals surface area (Å²) in [6.07, 6.45) is 3.82. The Morgan fingerprint density at radius 2 is 1.68 bits per heavy atom. The van der Waals surface area contributed by atoms with Gasteiger partial charge in [0.2, 0.25) is 15.9 Å². The van der Waals surface area contributed by atoms with Crippen LogP contribution in [0, 0.1) is 6.92 Å². The summed E-state index contributed by atoms with van der Waals surface area (Å²) in [7, 11) is -3.80. The van der Waals surface area contributed by atoms with Gasteiger partial charge in [0.05, 0.1) is 30.8 Å². The third kappa shape index (κ3) is 6.76. The highest BCUT2D eigenvalue weighted by molar-refractivity contribution is 7.89. The van der Waals surface area contributed by atoms with Gasteiger partial charge < -0.3 is 14.8 Å². The number of carbonyl (C=O) groups excluding carboxylic acids is 1. The predicted octanol–water partition coefficient (Wildman–Crippen LogP) is 3.62. The van der Waals surface area contributed by atoms with Crippen LogP contribution in [0.25, 0.3) is 0 Å². The summed E-state index contributed by atoms with van der Waals surface area (Å²) in [5.74, 6) is -0.293. The molecule has 0 aliphatic carbocycles. The zero-order chi connectivity index (χ0) is 24.4. The molecule has 0 saturated carbocycles. The van der Waals surface area contributed by atoms with Crippen molar-refractivity contribution < 1.29 is 22.7 Å². The molecule has 1 amide bonds. The number of nitrogens with zero attached hydrogens (tertiary/aromatic N) is 1. The van der Waals surface area contributed by atoms with E-state index in [1.807, 2.05) is 37.3 Å². The fraction of sp³-hybridized carbons (Fsp3) is 0.423. The van der Waals surface area contributed by atoms with Gasteiger partial charge in [0.25, 0.3) is 0 Å². The first kappa shape index (κ1) is 26.1. The van der Waals surface area contributed by atoms with Gasteiger partial charge >= 0.3 is 0 Å². The molecule has 3 rings (SSSR count). The summed E-state index contributed by atoms with van der Waals surface area (Å²) >= 11 is 0. The van der Waals surface area contributed by atoms with Crippen LogP contribution in [0.2, 0.25) is 0 Å². The van der Waals surface area contributed by atoms with Crippen LogP contribution < -0.4 is 5.32 Å². The number of nitrogens with one attached hydrogen (secondary N) is 1. The van der Waals surface area contributed by atoms with Crippen LogP contribution >= 0.6 is 0 Å². The molecule has 34 heavy (non-hydrogen) atoms. The van der Waals surface area contributed by atoms with Crippen LogP contribution in [0.4, 0.5) is 0 Å². The van der Waals surface area contributed by atoms with Crippen molar-refractivity contribution in [2.24, 2.45) is 0 Å². The molecule has 8 heteroatoms. The van der Waals surface area contributed by atoms with Crippen molar-refractivity contribution in [3.05, 3.63) is 77.4 Å². The Hall–Kier alpha value is -2.52. The fourth-order valence-corrected chi connectivity index (χ4v) is 5.28. The number of hydrogen-bond donors (Lipinski definition) is 1. The Morgan fingerprint density at radius 3 is 2.35 bits per heavy atom. The second-order valence-electron chi connectivity index (χ2n) is 8.19. The Morgan fingerprint density at radius 1 is 1.00 bits per heavy atom.